The van der Waals surface area contributed by atoms with Crippen LogP contribution in [0, 0.1) is 0 Å². The molecule has 3 heterocycles. The number of para-hydroxylation sites is 3. The van der Waals surface area contributed by atoms with E-state index in [0.717, 1.165) is 55.7 Å². The zero-order chi connectivity index (χ0) is 29.0. The lowest BCUT2D eigenvalue weighted by molar-refractivity contribution is 0.669. The van der Waals surface area contributed by atoms with Crippen LogP contribution in [0.5, 0.6) is 0 Å². The standard InChI is InChI=1S/C40H25N3O/c1-2-10-27(11-3-1)40-41-34(25-35(42-40)28-20-23-39-33(24-28)32-14-6-9-17-38(32)44-39)26-18-21-29(22-19-26)43-36-15-7-4-12-30(36)31-13-5-8-16-37(31)43/h1-25H. The maximum absolute atomic E-state index is 6.09. The lowest BCUT2D eigenvalue weighted by atomic mass is 10.0. The number of hydrogen-bond donors (Lipinski definition) is 0. The highest BCUT2D eigenvalue weighted by molar-refractivity contribution is 6.09. The van der Waals surface area contributed by atoms with Gasteiger partial charge in [-0.15, -0.1) is 0 Å². The van der Waals surface area contributed by atoms with E-state index >= 15 is 0 Å². The molecule has 4 heteroatoms. The monoisotopic (exact) mass is 563 g/mol. The van der Waals surface area contributed by atoms with Crippen molar-refractivity contribution in [3.8, 4) is 39.6 Å². The Bertz CT molecular complexity index is 2430. The zero-order valence-corrected chi connectivity index (χ0v) is 23.7. The van der Waals surface area contributed by atoms with Gasteiger partial charge >= 0.3 is 0 Å². The fraction of sp³-hybridized carbons (Fsp3) is 0. The molecule has 0 unspecified atom stereocenters. The second-order valence-corrected chi connectivity index (χ2v) is 11.1. The van der Waals surface area contributed by atoms with Crippen LogP contribution in [-0.4, -0.2) is 14.5 Å². The lowest BCUT2D eigenvalue weighted by Crippen LogP contribution is -1.97. The van der Waals surface area contributed by atoms with Gasteiger partial charge in [0, 0.05) is 43.9 Å². The van der Waals surface area contributed by atoms with E-state index in [9.17, 15) is 0 Å². The van der Waals surface area contributed by atoms with E-state index in [1.807, 2.05) is 42.5 Å². The van der Waals surface area contributed by atoms with Gasteiger partial charge in [0.1, 0.15) is 11.2 Å². The number of benzene rings is 6. The molecule has 0 amide bonds. The van der Waals surface area contributed by atoms with E-state index in [-0.39, 0.29) is 0 Å². The summed E-state index contributed by atoms with van der Waals surface area (Å²) in [6, 6.07) is 52.6. The van der Waals surface area contributed by atoms with Crippen LogP contribution in [0.15, 0.2) is 156 Å². The molecule has 206 valence electrons. The van der Waals surface area contributed by atoms with Crippen molar-refractivity contribution < 1.29 is 4.42 Å². The van der Waals surface area contributed by atoms with Gasteiger partial charge in [-0.1, -0.05) is 97.1 Å². The van der Waals surface area contributed by atoms with Gasteiger partial charge in [0.05, 0.1) is 22.4 Å². The molecular weight excluding hydrogens is 538 g/mol. The van der Waals surface area contributed by atoms with Crippen molar-refractivity contribution in [1.82, 2.24) is 14.5 Å². The normalized spacial score (nSPS) is 11.6. The third kappa shape index (κ3) is 3.92. The molecule has 6 aromatic carbocycles. The average molecular weight is 564 g/mol. The third-order valence-corrected chi connectivity index (χ3v) is 8.43. The van der Waals surface area contributed by atoms with E-state index in [2.05, 4.69) is 114 Å². The number of rotatable bonds is 4. The van der Waals surface area contributed by atoms with Crippen LogP contribution in [-0.2, 0) is 0 Å². The number of furan rings is 1. The summed E-state index contributed by atoms with van der Waals surface area (Å²) in [4.78, 5) is 10.1. The molecule has 0 aliphatic heterocycles. The molecule has 0 N–H and O–H groups in total. The molecule has 0 saturated heterocycles. The van der Waals surface area contributed by atoms with Crippen LogP contribution in [0.4, 0.5) is 0 Å². The maximum Gasteiger partial charge on any atom is 0.160 e. The van der Waals surface area contributed by atoms with Gasteiger partial charge in [-0.25, -0.2) is 9.97 Å². The molecular formula is C40H25N3O. The minimum Gasteiger partial charge on any atom is -0.456 e. The molecule has 0 radical (unpaired) electrons. The Morgan fingerprint density at radius 3 is 1.70 bits per heavy atom. The molecule has 3 aromatic heterocycles. The van der Waals surface area contributed by atoms with Crippen LogP contribution >= 0.6 is 0 Å². The molecule has 0 aliphatic rings. The first-order chi connectivity index (χ1) is 21.8. The highest BCUT2D eigenvalue weighted by atomic mass is 16.3. The van der Waals surface area contributed by atoms with E-state index in [0.29, 0.717) is 5.82 Å². The van der Waals surface area contributed by atoms with Crippen molar-refractivity contribution in [2.45, 2.75) is 0 Å². The summed E-state index contributed by atoms with van der Waals surface area (Å²) in [5.41, 5.74) is 10.0. The largest absolute Gasteiger partial charge is 0.456 e. The molecule has 0 saturated carbocycles. The Labute approximate surface area is 253 Å². The maximum atomic E-state index is 6.09. The molecule has 0 bridgehead atoms. The van der Waals surface area contributed by atoms with E-state index in [1.54, 1.807) is 0 Å². The van der Waals surface area contributed by atoms with Gasteiger partial charge in [-0.3, -0.25) is 0 Å². The Balaban J connectivity index is 1.19. The Morgan fingerprint density at radius 1 is 0.409 bits per heavy atom. The Hall–Kier alpha value is -6.00. The first-order valence-corrected chi connectivity index (χ1v) is 14.8. The van der Waals surface area contributed by atoms with Crippen LogP contribution in [0.2, 0.25) is 0 Å². The molecule has 0 fully saturated rings. The van der Waals surface area contributed by atoms with Gasteiger partial charge in [0.15, 0.2) is 5.82 Å². The smallest absolute Gasteiger partial charge is 0.160 e. The summed E-state index contributed by atoms with van der Waals surface area (Å²) >= 11 is 0. The second kappa shape index (κ2) is 9.79. The number of hydrogen-bond acceptors (Lipinski definition) is 3. The SMILES string of the molecule is c1ccc(-c2nc(-c3ccc(-n4c5ccccc5c5ccccc54)cc3)cc(-c3ccc4oc5ccccc5c4c3)n2)cc1. The summed E-state index contributed by atoms with van der Waals surface area (Å²) < 4.78 is 8.42. The van der Waals surface area contributed by atoms with Gasteiger partial charge in [-0.2, -0.15) is 0 Å². The predicted octanol–water partition coefficient (Wildman–Crippen LogP) is 10.5. The summed E-state index contributed by atoms with van der Waals surface area (Å²) in [5.74, 6) is 0.696. The Kier molecular flexibility index (Phi) is 5.47. The lowest BCUT2D eigenvalue weighted by Gasteiger charge is -2.11. The minimum absolute atomic E-state index is 0.696. The molecule has 4 nitrogen and oxygen atoms in total. The summed E-state index contributed by atoms with van der Waals surface area (Å²) in [7, 11) is 0. The highest BCUT2D eigenvalue weighted by Crippen LogP contribution is 2.35. The average Bonchev–Trinajstić information content (AvgIpc) is 3.64. The quantitative estimate of drug-likeness (QED) is 0.214. The van der Waals surface area contributed by atoms with Crippen molar-refractivity contribution in [2.75, 3.05) is 0 Å². The van der Waals surface area contributed by atoms with E-state index in [1.165, 1.54) is 21.8 Å². The second-order valence-electron chi connectivity index (χ2n) is 11.1. The first kappa shape index (κ1) is 24.6. The topological polar surface area (TPSA) is 43.9 Å². The van der Waals surface area contributed by atoms with Crippen LogP contribution in [0.25, 0.3) is 83.3 Å². The van der Waals surface area contributed by atoms with E-state index < -0.39 is 0 Å². The van der Waals surface area contributed by atoms with Crippen LogP contribution in [0.3, 0.4) is 0 Å². The van der Waals surface area contributed by atoms with Crippen molar-refractivity contribution in [1.29, 1.82) is 0 Å². The zero-order valence-electron chi connectivity index (χ0n) is 23.7. The minimum atomic E-state index is 0.696. The number of fused-ring (bicyclic) bond motifs is 6. The highest BCUT2D eigenvalue weighted by Gasteiger charge is 2.15. The fourth-order valence-corrected chi connectivity index (χ4v) is 6.33. The predicted molar refractivity (Wildman–Crippen MR) is 180 cm³/mol. The molecule has 9 aromatic rings. The Morgan fingerprint density at radius 2 is 0.977 bits per heavy atom. The van der Waals surface area contributed by atoms with Crippen molar-refractivity contribution in [3.63, 3.8) is 0 Å². The first-order valence-electron chi connectivity index (χ1n) is 14.8. The number of nitrogens with zero attached hydrogens (tertiary/aromatic N) is 3. The molecule has 44 heavy (non-hydrogen) atoms. The van der Waals surface area contributed by atoms with Crippen molar-refractivity contribution in [2.24, 2.45) is 0 Å². The van der Waals surface area contributed by atoms with Crippen molar-refractivity contribution >= 4 is 43.7 Å². The number of aromatic nitrogens is 3. The summed E-state index contributed by atoms with van der Waals surface area (Å²) in [6.45, 7) is 0. The third-order valence-electron chi connectivity index (χ3n) is 8.43. The molecule has 0 atom stereocenters. The van der Waals surface area contributed by atoms with Crippen LogP contribution in [0.1, 0.15) is 0 Å². The van der Waals surface area contributed by atoms with Gasteiger partial charge in [0.25, 0.3) is 0 Å². The van der Waals surface area contributed by atoms with Crippen LogP contribution < -0.4 is 0 Å². The van der Waals surface area contributed by atoms with Gasteiger partial charge in [-0.05, 0) is 54.6 Å². The van der Waals surface area contributed by atoms with Gasteiger partial charge < -0.3 is 8.98 Å². The molecule has 0 spiro atoms. The van der Waals surface area contributed by atoms with Gasteiger partial charge in [0.2, 0.25) is 0 Å². The molecule has 0 aliphatic carbocycles. The summed E-state index contributed by atoms with van der Waals surface area (Å²) in [5, 5.41) is 4.68. The summed E-state index contributed by atoms with van der Waals surface area (Å²) in [6.07, 6.45) is 0. The van der Waals surface area contributed by atoms with Crippen molar-refractivity contribution in [3.05, 3.63) is 152 Å². The molecule has 9 rings (SSSR count). The fourth-order valence-electron chi connectivity index (χ4n) is 6.33. The van der Waals surface area contributed by atoms with E-state index in [4.69, 9.17) is 14.4 Å².